The van der Waals surface area contributed by atoms with E-state index in [9.17, 15) is 4.79 Å². The van der Waals surface area contributed by atoms with Crippen LogP contribution in [0.2, 0.25) is 0 Å². The van der Waals surface area contributed by atoms with Crippen LogP contribution in [0.3, 0.4) is 0 Å². The van der Waals surface area contributed by atoms with Crippen molar-refractivity contribution in [2.45, 2.75) is 0 Å². The van der Waals surface area contributed by atoms with Gasteiger partial charge in [-0.1, -0.05) is 0 Å². The van der Waals surface area contributed by atoms with Crippen molar-refractivity contribution in [1.82, 2.24) is 5.32 Å². The van der Waals surface area contributed by atoms with Gasteiger partial charge < -0.3 is 0 Å². The Balaban J connectivity index is 3.00. The molecule has 0 bridgehead atoms. The van der Waals surface area contributed by atoms with Crippen molar-refractivity contribution in [1.29, 1.82) is 0 Å². The van der Waals surface area contributed by atoms with Crippen molar-refractivity contribution in [2.24, 2.45) is 0 Å². The van der Waals surface area contributed by atoms with Crippen LogP contribution in [0.25, 0.3) is 0 Å². The van der Waals surface area contributed by atoms with Crippen LogP contribution in [0.5, 0.6) is 0 Å². The topological polar surface area (TPSA) is 38.3 Å². The molecule has 0 aliphatic carbocycles. The second-order valence-corrected chi connectivity index (χ2v) is 2.09. The molecule has 0 aromatic heterocycles. The van der Waals surface area contributed by atoms with Gasteiger partial charge >= 0.3 is 52.9 Å². The van der Waals surface area contributed by atoms with Crippen LogP contribution in [0, 0.1) is 0 Å². The summed E-state index contributed by atoms with van der Waals surface area (Å²) in [4.78, 5) is 12.0. The van der Waals surface area contributed by atoms with Crippen molar-refractivity contribution in [2.75, 3.05) is 12.0 Å². The Morgan fingerprint density at radius 2 is 2.43 bits per heavy atom. The average Bonchev–Trinajstić information content (AvgIpc) is 1.68. The summed E-state index contributed by atoms with van der Waals surface area (Å²) in [6, 6.07) is 0. The summed E-state index contributed by atoms with van der Waals surface area (Å²) < 4.78 is 4.55. The molecule has 1 N–H and O–H groups in total. The van der Waals surface area contributed by atoms with E-state index in [1.807, 2.05) is 4.93 Å². The molecule has 0 spiro atoms. The Kier molecular flexibility index (Phi) is 4.17. The third-order valence-corrected chi connectivity index (χ3v) is 1.19. The van der Waals surface area contributed by atoms with E-state index in [1.165, 1.54) is 0 Å². The summed E-state index contributed by atoms with van der Waals surface area (Å²) in [6.07, 6.45) is -0.324. The van der Waals surface area contributed by atoms with Gasteiger partial charge in [0.05, 0.1) is 0 Å². The summed E-state index contributed by atoms with van der Waals surface area (Å²) in [5.41, 5.74) is 0. The predicted octanol–water partition coefficient (Wildman–Crippen LogP) is -3.02. The Bertz CT molecular complexity index is 66.0. The van der Waals surface area contributed by atoms with Gasteiger partial charge in [-0.25, -0.2) is 0 Å². The summed E-state index contributed by atoms with van der Waals surface area (Å²) >= 11 is -0.351. The van der Waals surface area contributed by atoms with Crippen molar-refractivity contribution in [3.05, 3.63) is 0 Å². The number of halogens is 1. The summed E-state index contributed by atoms with van der Waals surface area (Å²) in [5, 5.41) is 2.33. The van der Waals surface area contributed by atoms with E-state index in [1.54, 1.807) is 7.05 Å². The monoisotopic (exact) mass is 216 g/mol. The molecule has 0 aromatic carbocycles. The zero-order chi connectivity index (χ0) is 5.70. The molecule has 0 saturated carbocycles. The van der Waals surface area contributed by atoms with E-state index < -0.39 is 0 Å². The Morgan fingerprint density at radius 1 is 1.86 bits per heavy atom. The molecule has 0 unspecified atom stereocenters. The van der Waals surface area contributed by atoms with Gasteiger partial charge in [0.25, 0.3) is 0 Å². The second-order valence-electron chi connectivity index (χ2n) is 0.769. The van der Waals surface area contributed by atoms with Gasteiger partial charge in [0, 0.05) is 0 Å². The normalized spacial score (nSPS) is 8.29. The van der Waals surface area contributed by atoms with Gasteiger partial charge in [0.1, 0.15) is 0 Å². The Morgan fingerprint density at radius 3 is 2.57 bits per heavy atom. The fourth-order valence-corrected chi connectivity index (χ4v) is 0.729. The summed E-state index contributed by atoms with van der Waals surface area (Å²) in [6.45, 7) is 0. The van der Waals surface area contributed by atoms with Crippen LogP contribution in [0.4, 0.5) is 4.79 Å². The van der Waals surface area contributed by atoms with Crippen molar-refractivity contribution in [3.8, 4) is 0 Å². The van der Waals surface area contributed by atoms with E-state index in [0.29, 0.717) is 0 Å². The van der Waals surface area contributed by atoms with Crippen LogP contribution in [-0.2, 0) is 3.07 Å². The van der Waals surface area contributed by atoms with Gasteiger partial charge in [-0.3, -0.25) is 0 Å². The molecule has 0 saturated heterocycles. The number of hydrogen-bond donors (Lipinski definition) is 1. The minimum atomic E-state index is -0.351. The first-order valence-corrected chi connectivity index (χ1v) is 4.73. The van der Waals surface area contributed by atoms with E-state index in [2.05, 4.69) is 8.38 Å². The minimum absolute atomic E-state index is 0.324. The molecule has 0 fully saturated rings. The number of amides is 1. The molecule has 0 heterocycles. The quantitative estimate of drug-likeness (QED) is 0.374. The zero-order valence-corrected chi connectivity index (χ0v) is 6.35. The third-order valence-electron chi connectivity index (χ3n) is 0.351. The predicted molar refractivity (Wildman–Crippen MR) is 21.5 cm³/mol. The maximum absolute atomic E-state index is 10.1. The number of nitrogens with one attached hydrogen (secondary N) is 1. The molecule has 1 amide bonds. The van der Waals surface area contributed by atoms with E-state index >= 15 is 0 Å². The van der Waals surface area contributed by atoms with Crippen LogP contribution < -0.4 is 26.9 Å². The molecule has 0 atom stereocenters. The summed E-state index contributed by atoms with van der Waals surface area (Å²) in [7, 11) is 1.54. The fraction of sp³-hybridized carbons (Fsp3) is 0.667. The van der Waals surface area contributed by atoms with Crippen molar-refractivity contribution < 1.29 is 29.5 Å². The standard InChI is InChI=1S/C3H7INO2/c1-4-7-3(6)5-2/h1-2H3,(H,5,6)/q-1. The molecule has 0 aliphatic heterocycles. The van der Waals surface area contributed by atoms with Crippen molar-refractivity contribution >= 4 is 6.09 Å². The second kappa shape index (κ2) is 4.17. The molecule has 4 heteroatoms. The average molecular weight is 216 g/mol. The van der Waals surface area contributed by atoms with Crippen LogP contribution in [-0.4, -0.2) is 18.1 Å². The third kappa shape index (κ3) is 3.84. The van der Waals surface area contributed by atoms with Gasteiger partial charge in [0.15, 0.2) is 0 Å². The molecule has 0 aromatic rings. The van der Waals surface area contributed by atoms with Crippen molar-refractivity contribution in [3.63, 3.8) is 0 Å². The first kappa shape index (κ1) is 7.00. The molecule has 0 rings (SSSR count). The zero-order valence-electron chi connectivity index (χ0n) is 4.19. The van der Waals surface area contributed by atoms with E-state index in [4.69, 9.17) is 0 Å². The van der Waals surface area contributed by atoms with E-state index in [-0.39, 0.29) is 27.7 Å². The molecule has 44 valence electrons. The molecular formula is C3H7INO2-. The maximum atomic E-state index is 10.1. The van der Waals surface area contributed by atoms with Gasteiger partial charge in [-0.05, 0) is 0 Å². The van der Waals surface area contributed by atoms with Crippen LogP contribution in [0.1, 0.15) is 0 Å². The number of rotatable bonds is 1. The van der Waals surface area contributed by atoms with Crippen LogP contribution in [0.15, 0.2) is 0 Å². The van der Waals surface area contributed by atoms with Gasteiger partial charge in [-0.15, -0.1) is 0 Å². The Labute approximate surface area is 53.2 Å². The number of carbonyl (C=O) groups is 1. The van der Waals surface area contributed by atoms with Gasteiger partial charge in [-0.2, -0.15) is 0 Å². The Hall–Kier alpha value is 0. The molecular weight excluding hydrogens is 209 g/mol. The SMILES string of the molecule is CNC(=O)O[I-]C. The van der Waals surface area contributed by atoms with E-state index in [0.717, 1.165) is 0 Å². The molecule has 0 aliphatic rings. The molecule has 7 heavy (non-hydrogen) atoms. The number of hydrogen-bond acceptors (Lipinski definition) is 2. The first-order valence-electron chi connectivity index (χ1n) is 1.69. The number of carbonyl (C=O) groups excluding carboxylic acids is 1. The first-order chi connectivity index (χ1) is 3.31. The molecule has 3 nitrogen and oxygen atoms in total. The fourth-order valence-electron chi connectivity index (χ4n) is 0.109. The summed E-state index contributed by atoms with van der Waals surface area (Å²) in [5.74, 6) is 0. The molecule has 0 radical (unpaired) electrons. The van der Waals surface area contributed by atoms with Crippen LogP contribution >= 0.6 is 0 Å². The van der Waals surface area contributed by atoms with Gasteiger partial charge in [0.2, 0.25) is 0 Å². The number of alkyl halides is 1.